The molecular formula is C20H14F2O2. The average Bonchev–Trinajstić information content (AvgIpc) is 2.59. The standard InChI is InChI=1S/C20H14F2O2/c21-20(22)24-17-11-8-16(9-12-17)19(23)13-10-15-6-3-5-14-4-1-2-7-18(14)15/h1-13,20H. The van der Waals surface area contributed by atoms with Crippen LogP contribution in [0.3, 0.4) is 0 Å². The summed E-state index contributed by atoms with van der Waals surface area (Å²) in [4.78, 5) is 12.2. The van der Waals surface area contributed by atoms with Gasteiger partial charge in [-0.2, -0.15) is 8.78 Å². The number of halogens is 2. The van der Waals surface area contributed by atoms with Crippen molar-refractivity contribution in [3.8, 4) is 5.75 Å². The van der Waals surface area contributed by atoms with Crippen molar-refractivity contribution >= 4 is 22.6 Å². The Labute approximate surface area is 138 Å². The Balaban J connectivity index is 1.79. The number of rotatable bonds is 5. The van der Waals surface area contributed by atoms with Gasteiger partial charge in [0, 0.05) is 5.56 Å². The van der Waals surface area contributed by atoms with Crippen molar-refractivity contribution in [3.63, 3.8) is 0 Å². The van der Waals surface area contributed by atoms with Gasteiger partial charge in [0.25, 0.3) is 0 Å². The van der Waals surface area contributed by atoms with E-state index < -0.39 is 6.61 Å². The molecule has 0 amide bonds. The monoisotopic (exact) mass is 324 g/mol. The van der Waals surface area contributed by atoms with Crippen molar-refractivity contribution in [1.29, 1.82) is 0 Å². The van der Waals surface area contributed by atoms with E-state index in [2.05, 4.69) is 4.74 Å². The largest absolute Gasteiger partial charge is 0.435 e. The molecule has 0 spiro atoms. The highest BCUT2D eigenvalue weighted by Gasteiger charge is 2.06. The minimum Gasteiger partial charge on any atom is -0.435 e. The minimum atomic E-state index is -2.88. The minimum absolute atomic E-state index is 0.0274. The number of alkyl halides is 2. The molecule has 0 saturated heterocycles. The quantitative estimate of drug-likeness (QED) is 0.468. The number of fused-ring (bicyclic) bond motifs is 1. The normalized spacial score (nSPS) is 11.3. The van der Waals surface area contributed by atoms with Crippen LogP contribution < -0.4 is 4.74 Å². The molecule has 0 heterocycles. The third-order valence-corrected chi connectivity index (χ3v) is 3.60. The molecule has 0 N–H and O–H groups in total. The first-order chi connectivity index (χ1) is 11.6. The topological polar surface area (TPSA) is 26.3 Å². The second-order valence-corrected chi connectivity index (χ2v) is 5.17. The van der Waals surface area contributed by atoms with Gasteiger partial charge in [0.2, 0.25) is 0 Å². The molecule has 0 aliphatic rings. The third-order valence-electron chi connectivity index (χ3n) is 3.60. The third kappa shape index (κ3) is 3.66. The van der Waals surface area contributed by atoms with E-state index >= 15 is 0 Å². The zero-order chi connectivity index (χ0) is 16.9. The van der Waals surface area contributed by atoms with Gasteiger partial charge in [-0.05, 0) is 46.7 Å². The van der Waals surface area contributed by atoms with Gasteiger partial charge in [-0.3, -0.25) is 4.79 Å². The summed E-state index contributed by atoms with van der Waals surface area (Å²) < 4.78 is 28.5. The number of ketones is 1. The molecule has 3 aromatic rings. The van der Waals surface area contributed by atoms with Crippen molar-refractivity contribution in [2.24, 2.45) is 0 Å². The van der Waals surface area contributed by atoms with Crippen molar-refractivity contribution in [2.45, 2.75) is 6.61 Å². The summed E-state index contributed by atoms with van der Waals surface area (Å²) in [5, 5.41) is 2.16. The lowest BCUT2D eigenvalue weighted by molar-refractivity contribution is -0.0498. The fourth-order valence-electron chi connectivity index (χ4n) is 2.46. The van der Waals surface area contributed by atoms with Crippen LogP contribution in [0.25, 0.3) is 16.8 Å². The van der Waals surface area contributed by atoms with Gasteiger partial charge in [-0.25, -0.2) is 0 Å². The summed E-state index contributed by atoms with van der Waals surface area (Å²) in [5.41, 5.74) is 1.35. The van der Waals surface area contributed by atoms with Crippen LogP contribution in [0.5, 0.6) is 5.75 Å². The molecule has 0 aromatic heterocycles. The molecule has 0 saturated carbocycles. The SMILES string of the molecule is O=C(C=Cc1cccc2ccccc12)c1ccc(OC(F)F)cc1. The maximum absolute atomic E-state index is 12.2. The van der Waals surface area contributed by atoms with Crippen molar-refractivity contribution < 1.29 is 18.3 Å². The molecule has 0 atom stereocenters. The van der Waals surface area contributed by atoms with Crippen molar-refractivity contribution in [1.82, 2.24) is 0 Å². The maximum Gasteiger partial charge on any atom is 0.387 e. The molecule has 3 aromatic carbocycles. The van der Waals surface area contributed by atoms with Crippen LogP contribution in [0.15, 0.2) is 72.8 Å². The summed E-state index contributed by atoms with van der Waals surface area (Å²) in [5.74, 6) is -0.175. The first-order valence-corrected chi connectivity index (χ1v) is 7.38. The number of hydrogen-bond acceptors (Lipinski definition) is 2. The Morgan fingerprint density at radius 2 is 1.62 bits per heavy atom. The summed E-state index contributed by atoms with van der Waals surface area (Å²) in [6.07, 6.45) is 3.24. The molecule has 4 heteroatoms. The lowest BCUT2D eigenvalue weighted by Crippen LogP contribution is -2.02. The van der Waals surface area contributed by atoms with Crippen LogP contribution in [0, 0.1) is 0 Å². The van der Waals surface area contributed by atoms with Crippen molar-refractivity contribution in [2.75, 3.05) is 0 Å². The van der Waals surface area contributed by atoms with E-state index in [1.165, 1.54) is 30.3 Å². The lowest BCUT2D eigenvalue weighted by Gasteiger charge is -2.04. The molecule has 2 nitrogen and oxygen atoms in total. The van der Waals surface area contributed by atoms with Crippen LogP contribution in [0.1, 0.15) is 15.9 Å². The molecule has 3 rings (SSSR count). The fourth-order valence-corrected chi connectivity index (χ4v) is 2.46. The van der Waals surface area contributed by atoms with E-state index in [0.717, 1.165) is 16.3 Å². The van der Waals surface area contributed by atoms with Crippen LogP contribution in [-0.4, -0.2) is 12.4 Å². The van der Waals surface area contributed by atoms with Gasteiger partial charge in [0.05, 0.1) is 0 Å². The smallest absolute Gasteiger partial charge is 0.387 e. The molecule has 0 aliphatic heterocycles. The summed E-state index contributed by atoms with van der Waals surface area (Å²) in [6, 6.07) is 19.4. The van der Waals surface area contributed by atoms with Crippen molar-refractivity contribution in [3.05, 3.63) is 83.9 Å². The Morgan fingerprint density at radius 3 is 2.38 bits per heavy atom. The highest BCUT2D eigenvalue weighted by molar-refractivity contribution is 6.07. The molecule has 24 heavy (non-hydrogen) atoms. The fraction of sp³-hybridized carbons (Fsp3) is 0.0500. The number of allylic oxidation sites excluding steroid dienone is 1. The van der Waals surface area contributed by atoms with Crippen LogP contribution in [0.4, 0.5) is 8.78 Å². The van der Waals surface area contributed by atoms with E-state index in [-0.39, 0.29) is 11.5 Å². The predicted octanol–water partition coefficient (Wildman–Crippen LogP) is 5.34. The summed E-state index contributed by atoms with van der Waals surface area (Å²) in [6.45, 7) is -2.88. The Morgan fingerprint density at radius 1 is 0.917 bits per heavy atom. The maximum atomic E-state index is 12.2. The lowest BCUT2D eigenvalue weighted by atomic mass is 10.0. The zero-order valence-electron chi connectivity index (χ0n) is 12.7. The van der Waals surface area contributed by atoms with Gasteiger partial charge >= 0.3 is 6.61 Å². The van der Waals surface area contributed by atoms with Gasteiger partial charge in [-0.1, -0.05) is 48.5 Å². The Kier molecular flexibility index (Phi) is 4.66. The number of carbonyl (C=O) groups is 1. The summed E-state index contributed by atoms with van der Waals surface area (Å²) >= 11 is 0. The van der Waals surface area contributed by atoms with E-state index in [1.54, 1.807) is 6.08 Å². The van der Waals surface area contributed by atoms with E-state index in [9.17, 15) is 13.6 Å². The van der Waals surface area contributed by atoms with E-state index in [1.807, 2.05) is 42.5 Å². The van der Waals surface area contributed by atoms with Gasteiger partial charge in [-0.15, -0.1) is 0 Å². The highest BCUT2D eigenvalue weighted by Crippen LogP contribution is 2.20. The van der Waals surface area contributed by atoms with E-state index in [4.69, 9.17) is 0 Å². The molecule has 0 fully saturated rings. The predicted molar refractivity (Wildman–Crippen MR) is 90.4 cm³/mol. The van der Waals surface area contributed by atoms with Gasteiger partial charge in [0.1, 0.15) is 5.75 Å². The Bertz CT molecular complexity index is 878. The molecule has 0 aliphatic carbocycles. The van der Waals surface area contributed by atoms with Gasteiger partial charge < -0.3 is 4.74 Å². The second-order valence-electron chi connectivity index (χ2n) is 5.17. The number of carbonyl (C=O) groups excluding carboxylic acids is 1. The molecule has 0 unspecified atom stereocenters. The van der Waals surface area contributed by atoms with Crippen LogP contribution in [0.2, 0.25) is 0 Å². The van der Waals surface area contributed by atoms with Gasteiger partial charge in [0.15, 0.2) is 5.78 Å². The molecule has 0 bridgehead atoms. The first kappa shape index (κ1) is 15.9. The number of hydrogen-bond donors (Lipinski definition) is 0. The first-order valence-electron chi connectivity index (χ1n) is 7.38. The summed E-state index contributed by atoms with van der Waals surface area (Å²) in [7, 11) is 0. The average molecular weight is 324 g/mol. The van der Waals surface area contributed by atoms with Crippen LogP contribution in [-0.2, 0) is 0 Å². The zero-order valence-corrected chi connectivity index (χ0v) is 12.7. The molecule has 120 valence electrons. The second kappa shape index (κ2) is 7.04. The molecule has 0 radical (unpaired) electrons. The number of benzene rings is 3. The van der Waals surface area contributed by atoms with E-state index in [0.29, 0.717) is 5.56 Å². The van der Waals surface area contributed by atoms with Crippen LogP contribution >= 0.6 is 0 Å². The highest BCUT2D eigenvalue weighted by atomic mass is 19.3. The Hall–Kier alpha value is -3.01. The molecular weight excluding hydrogens is 310 g/mol. The number of ether oxygens (including phenoxy) is 1.